The van der Waals surface area contributed by atoms with Gasteiger partial charge in [-0.05, 0) is 38.0 Å². The topological polar surface area (TPSA) is 101 Å². The second-order valence-corrected chi connectivity index (χ2v) is 6.69. The predicted molar refractivity (Wildman–Crippen MR) is 99.6 cm³/mol. The quantitative estimate of drug-likeness (QED) is 0.740. The molecule has 8 nitrogen and oxygen atoms in total. The molecular weight excluding hydrogens is 344 g/mol. The summed E-state index contributed by atoms with van der Waals surface area (Å²) in [6, 6.07) is 8.92. The number of hydrogen-bond donors (Lipinski definition) is 2. The van der Waals surface area contributed by atoms with Crippen molar-refractivity contribution in [1.29, 1.82) is 0 Å². The van der Waals surface area contributed by atoms with Crippen molar-refractivity contribution in [3.8, 4) is 0 Å². The van der Waals surface area contributed by atoms with Gasteiger partial charge in [0.2, 0.25) is 5.82 Å². The second kappa shape index (κ2) is 7.14. The largest absolute Gasteiger partial charge is 0.349 e. The lowest BCUT2D eigenvalue weighted by molar-refractivity contribution is 0.0939. The summed E-state index contributed by atoms with van der Waals surface area (Å²) in [5.74, 6) is -0.311. The van der Waals surface area contributed by atoms with E-state index in [0.717, 1.165) is 31.4 Å². The number of aryl methyl sites for hydroxylation is 1. The standard InChI is InChI=1S/C19H20N6O2/c1-12-10-11-20-19-23-16(24-25(12)19)18(27)22-15-9-5-4-8-14(15)17(26)21-13-6-2-3-7-13/h4-5,8-11,13H,2-3,6-7H2,1H3,(H,21,26)(H,22,27). The van der Waals surface area contributed by atoms with Gasteiger partial charge in [0, 0.05) is 17.9 Å². The maximum atomic E-state index is 12.6. The Labute approximate surface area is 156 Å². The van der Waals surface area contributed by atoms with Gasteiger partial charge >= 0.3 is 0 Å². The maximum absolute atomic E-state index is 12.6. The van der Waals surface area contributed by atoms with Crippen LogP contribution in [0.4, 0.5) is 5.69 Å². The van der Waals surface area contributed by atoms with Gasteiger partial charge in [-0.15, -0.1) is 5.10 Å². The predicted octanol–water partition coefficient (Wildman–Crippen LogP) is 2.36. The van der Waals surface area contributed by atoms with Crippen molar-refractivity contribution in [3.63, 3.8) is 0 Å². The summed E-state index contributed by atoms with van der Waals surface area (Å²) in [6.07, 6.45) is 5.88. The fraction of sp³-hybridized carbons (Fsp3) is 0.316. The van der Waals surface area contributed by atoms with E-state index in [2.05, 4.69) is 25.7 Å². The second-order valence-electron chi connectivity index (χ2n) is 6.69. The molecule has 1 aromatic carbocycles. The van der Waals surface area contributed by atoms with Crippen LogP contribution in [0.5, 0.6) is 0 Å². The summed E-state index contributed by atoms with van der Waals surface area (Å²) < 4.78 is 1.51. The number of nitrogens with one attached hydrogen (secondary N) is 2. The first-order valence-electron chi connectivity index (χ1n) is 9.01. The highest BCUT2D eigenvalue weighted by Crippen LogP contribution is 2.20. The summed E-state index contributed by atoms with van der Waals surface area (Å²) in [5, 5.41) is 9.99. The zero-order valence-corrected chi connectivity index (χ0v) is 15.0. The molecule has 2 heterocycles. The van der Waals surface area contributed by atoms with Gasteiger partial charge in [-0.2, -0.15) is 4.98 Å². The third-order valence-corrected chi connectivity index (χ3v) is 4.74. The molecule has 27 heavy (non-hydrogen) atoms. The first kappa shape index (κ1) is 17.1. The van der Waals surface area contributed by atoms with E-state index in [1.165, 1.54) is 4.52 Å². The molecule has 0 spiro atoms. The molecule has 1 aliphatic rings. The number of hydrogen-bond acceptors (Lipinski definition) is 5. The lowest BCUT2D eigenvalue weighted by Gasteiger charge is -2.14. The summed E-state index contributed by atoms with van der Waals surface area (Å²) in [5.41, 5.74) is 1.68. The van der Waals surface area contributed by atoms with Crippen LogP contribution in [0.1, 0.15) is 52.4 Å². The molecule has 8 heteroatoms. The first-order chi connectivity index (χ1) is 13.1. The van der Waals surface area contributed by atoms with Gasteiger partial charge in [0.25, 0.3) is 17.6 Å². The minimum atomic E-state index is -0.485. The molecule has 1 aliphatic carbocycles. The molecule has 0 unspecified atom stereocenters. The molecule has 1 saturated carbocycles. The van der Waals surface area contributed by atoms with Crippen molar-refractivity contribution in [3.05, 3.63) is 53.6 Å². The summed E-state index contributed by atoms with van der Waals surface area (Å²) in [6.45, 7) is 1.85. The number of carbonyl (C=O) groups excluding carboxylic acids is 2. The van der Waals surface area contributed by atoms with E-state index < -0.39 is 5.91 Å². The van der Waals surface area contributed by atoms with Crippen LogP contribution in [-0.2, 0) is 0 Å². The lowest BCUT2D eigenvalue weighted by Crippen LogP contribution is -2.33. The van der Waals surface area contributed by atoms with Crippen LogP contribution in [-0.4, -0.2) is 37.4 Å². The van der Waals surface area contributed by atoms with E-state index in [0.29, 0.717) is 17.0 Å². The fourth-order valence-electron chi connectivity index (χ4n) is 3.30. The van der Waals surface area contributed by atoms with Crippen molar-refractivity contribution < 1.29 is 9.59 Å². The summed E-state index contributed by atoms with van der Waals surface area (Å²) in [7, 11) is 0. The number of anilines is 1. The number of aromatic nitrogens is 4. The highest BCUT2D eigenvalue weighted by atomic mass is 16.2. The van der Waals surface area contributed by atoms with Gasteiger partial charge < -0.3 is 10.6 Å². The van der Waals surface area contributed by atoms with E-state index in [1.807, 2.05) is 6.92 Å². The van der Waals surface area contributed by atoms with Gasteiger partial charge in [0.15, 0.2) is 0 Å². The maximum Gasteiger partial charge on any atom is 0.295 e. The molecule has 3 aromatic rings. The zero-order chi connectivity index (χ0) is 18.8. The molecule has 2 N–H and O–H groups in total. The third kappa shape index (κ3) is 3.51. The summed E-state index contributed by atoms with van der Waals surface area (Å²) >= 11 is 0. The minimum Gasteiger partial charge on any atom is -0.349 e. The monoisotopic (exact) mass is 364 g/mol. The lowest BCUT2D eigenvalue weighted by atomic mass is 10.1. The molecule has 138 valence electrons. The van der Waals surface area contributed by atoms with Crippen LogP contribution in [0, 0.1) is 6.92 Å². The van der Waals surface area contributed by atoms with Crippen LogP contribution in [0.2, 0.25) is 0 Å². The number of amides is 2. The van der Waals surface area contributed by atoms with Crippen LogP contribution in [0.25, 0.3) is 5.78 Å². The Morgan fingerprint density at radius 3 is 2.67 bits per heavy atom. The normalized spacial score (nSPS) is 14.4. The molecule has 4 rings (SSSR count). The van der Waals surface area contributed by atoms with E-state index in [-0.39, 0.29) is 17.8 Å². The summed E-state index contributed by atoms with van der Waals surface area (Å²) in [4.78, 5) is 33.5. The van der Waals surface area contributed by atoms with Crippen molar-refractivity contribution in [2.45, 2.75) is 38.6 Å². The van der Waals surface area contributed by atoms with Gasteiger partial charge in [0.05, 0.1) is 11.3 Å². The molecule has 0 saturated heterocycles. The Morgan fingerprint density at radius 2 is 1.89 bits per heavy atom. The number of rotatable bonds is 4. The average molecular weight is 364 g/mol. The van der Waals surface area contributed by atoms with Crippen LogP contribution in [0.3, 0.4) is 0 Å². The SMILES string of the molecule is Cc1ccnc2nc(C(=O)Nc3ccccc3C(=O)NC3CCCC3)nn12. The van der Waals surface area contributed by atoms with Crippen LogP contribution < -0.4 is 10.6 Å². The fourth-order valence-corrected chi connectivity index (χ4v) is 3.30. The molecule has 2 amide bonds. The van der Waals surface area contributed by atoms with E-state index in [9.17, 15) is 9.59 Å². The number of fused-ring (bicyclic) bond motifs is 1. The Hall–Kier alpha value is -3.29. The molecule has 2 aromatic heterocycles. The molecule has 0 aliphatic heterocycles. The van der Waals surface area contributed by atoms with Gasteiger partial charge in [-0.3, -0.25) is 9.59 Å². The van der Waals surface area contributed by atoms with Crippen LogP contribution in [0.15, 0.2) is 36.5 Å². The Kier molecular flexibility index (Phi) is 4.53. The molecule has 0 bridgehead atoms. The van der Waals surface area contributed by atoms with E-state index in [4.69, 9.17) is 0 Å². The third-order valence-electron chi connectivity index (χ3n) is 4.74. The van der Waals surface area contributed by atoms with Crippen molar-refractivity contribution in [2.24, 2.45) is 0 Å². The highest BCUT2D eigenvalue weighted by Gasteiger charge is 2.21. The van der Waals surface area contributed by atoms with Crippen molar-refractivity contribution in [1.82, 2.24) is 24.9 Å². The van der Waals surface area contributed by atoms with E-state index in [1.54, 1.807) is 36.5 Å². The van der Waals surface area contributed by atoms with Crippen molar-refractivity contribution >= 4 is 23.3 Å². The number of para-hydroxylation sites is 1. The molecule has 1 fully saturated rings. The Bertz CT molecular complexity index is 1010. The highest BCUT2D eigenvalue weighted by molar-refractivity contribution is 6.07. The Balaban J connectivity index is 1.55. The molecule has 0 atom stereocenters. The average Bonchev–Trinajstić information content (AvgIpc) is 3.32. The number of nitrogens with zero attached hydrogens (tertiary/aromatic N) is 4. The first-order valence-corrected chi connectivity index (χ1v) is 9.01. The molecule has 0 radical (unpaired) electrons. The van der Waals surface area contributed by atoms with Crippen molar-refractivity contribution in [2.75, 3.05) is 5.32 Å². The molecular formula is C19H20N6O2. The smallest absolute Gasteiger partial charge is 0.295 e. The van der Waals surface area contributed by atoms with E-state index >= 15 is 0 Å². The zero-order valence-electron chi connectivity index (χ0n) is 15.0. The van der Waals surface area contributed by atoms with Gasteiger partial charge in [-0.1, -0.05) is 25.0 Å². The number of benzene rings is 1. The minimum absolute atomic E-state index is 0.00260. The van der Waals surface area contributed by atoms with Gasteiger partial charge in [0.1, 0.15) is 0 Å². The van der Waals surface area contributed by atoms with Crippen LogP contribution >= 0.6 is 0 Å². The number of carbonyl (C=O) groups is 2. The Morgan fingerprint density at radius 1 is 1.11 bits per heavy atom. The van der Waals surface area contributed by atoms with Gasteiger partial charge in [-0.25, -0.2) is 9.50 Å².